The van der Waals surface area contributed by atoms with Gasteiger partial charge in [-0.1, -0.05) is 12.1 Å². The van der Waals surface area contributed by atoms with Crippen LogP contribution in [0.3, 0.4) is 0 Å². The highest BCUT2D eigenvalue weighted by Gasteiger charge is 2.20. The van der Waals surface area contributed by atoms with Crippen LogP contribution in [0.5, 0.6) is 11.5 Å². The highest BCUT2D eigenvalue weighted by Crippen LogP contribution is 2.37. The summed E-state index contributed by atoms with van der Waals surface area (Å²) in [5, 5.41) is 8.06. The van der Waals surface area contributed by atoms with Crippen LogP contribution in [0.4, 0.5) is 0 Å². The molecule has 0 bridgehead atoms. The molecule has 7 rings (SSSR count). The zero-order valence-electron chi connectivity index (χ0n) is 22.5. The summed E-state index contributed by atoms with van der Waals surface area (Å²) >= 11 is 1.54. The van der Waals surface area contributed by atoms with Crippen LogP contribution in [0.2, 0.25) is 0 Å². The summed E-state index contributed by atoms with van der Waals surface area (Å²) in [6.07, 6.45) is 5.62. The summed E-state index contributed by atoms with van der Waals surface area (Å²) in [4.78, 5) is 28.2. The Labute approximate surface area is 239 Å². The van der Waals surface area contributed by atoms with Gasteiger partial charge in [-0.25, -0.2) is 19.5 Å². The van der Waals surface area contributed by atoms with Crippen LogP contribution in [-0.2, 0) is 6.61 Å². The van der Waals surface area contributed by atoms with Gasteiger partial charge in [0.15, 0.2) is 5.76 Å². The van der Waals surface area contributed by atoms with Crippen LogP contribution in [0.25, 0.3) is 38.8 Å². The Morgan fingerprint density at radius 1 is 1.10 bits per heavy atom. The van der Waals surface area contributed by atoms with Crippen molar-refractivity contribution in [1.29, 1.82) is 0 Å². The lowest BCUT2D eigenvalue weighted by atomic mass is 10.1. The number of carbonyl (C=O) groups is 1. The second kappa shape index (κ2) is 10.3. The number of amides is 1. The molecule has 6 aromatic rings. The third kappa shape index (κ3) is 4.89. The highest BCUT2D eigenvalue weighted by atomic mass is 32.1. The maximum absolute atomic E-state index is 12.7. The van der Waals surface area contributed by atoms with Crippen molar-refractivity contribution >= 4 is 34.0 Å². The lowest BCUT2D eigenvalue weighted by molar-refractivity contribution is 0.0793. The van der Waals surface area contributed by atoms with Crippen LogP contribution in [-0.4, -0.2) is 55.6 Å². The molecule has 206 valence electrons. The zero-order valence-corrected chi connectivity index (χ0v) is 23.4. The first-order chi connectivity index (χ1) is 20.0. The number of fused-ring (bicyclic) bond motifs is 2. The summed E-state index contributed by atoms with van der Waals surface area (Å²) in [7, 11) is 1.60. The molecule has 0 saturated carbocycles. The molecule has 0 aliphatic carbocycles. The van der Waals surface area contributed by atoms with E-state index < -0.39 is 0 Å². The second-order valence-corrected chi connectivity index (χ2v) is 10.8. The number of hydrogen-bond donors (Lipinski definition) is 0. The number of thiazole rings is 1. The van der Waals surface area contributed by atoms with Gasteiger partial charge in [0, 0.05) is 41.7 Å². The predicted molar refractivity (Wildman–Crippen MR) is 154 cm³/mol. The van der Waals surface area contributed by atoms with E-state index in [1.807, 2.05) is 59.7 Å². The van der Waals surface area contributed by atoms with Crippen LogP contribution in [0, 0.1) is 6.92 Å². The van der Waals surface area contributed by atoms with Gasteiger partial charge >= 0.3 is 0 Å². The Balaban J connectivity index is 1.10. The average molecular weight is 567 g/mol. The van der Waals surface area contributed by atoms with Crippen molar-refractivity contribution in [2.24, 2.45) is 0 Å². The van der Waals surface area contributed by atoms with Gasteiger partial charge in [0.1, 0.15) is 34.4 Å². The summed E-state index contributed by atoms with van der Waals surface area (Å²) in [6, 6.07) is 13.2. The van der Waals surface area contributed by atoms with Crippen molar-refractivity contribution in [2.75, 3.05) is 20.2 Å². The van der Waals surface area contributed by atoms with Gasteiger partial charge in [-0.2, -0.15) is 5.10 Å². The number of likely N-dealkylation sites (tertiary alicyclic amines) is 1. The minimum atomic E-state index is 0.0962. The Bertz CT molecular complexity index is 1880. The summed E-state index contributed by atoms with van der Waals surface area (Å²) in [5.41, 5.74) is 4.51. The number of rotatable bonds is 7. The number of nitrogens with zero attached hydrogens (tertiary/aromatic N) is 6. The minimum absolute atomic E-state index is 0.0962. The molecule has 1 amide bonds. The number of aryl methyl sites for hydroxylation is 1. The molecule has 1 aliphatic rings. The predicted octanol–water partition coefficient (Wildman–Crippen LogP) is 5.79. The Kier molecular flexibility index (Phi) is 6.35. The lowest BCUT2D eigenvalue weighted by Crippen LogP contribution is -2.27. The monoisotopic (exact) mass is 566 g/mol. The molecule has 1 fully saturated rings. The topological polar surface area (TPSA) is 108 Å². The molecule has 0 spiro atoms. The third-order valence-corrected chi connectivity index (χ3v) is 8.00. The van der Waals surface area contributed by atoms with E-state index >= 15 is 0 Å². The first kappa shape index (κ1) is 25.2. The molecular weight excluding hydrogens is 540 g/mol. The van der Waals surface area contributed by atoms with Gasteiger partial charge in [0.25, 0.3) is 11.7 Å². The van der Waals surface area contributed by atoms with Gasteiger partial charge in [-0.05, 0) is 38.0 Å². The van der Waals surface area contributed by atoms with Gasteiger partial charge in [0.2, 0.25) is 0 Å². The van der Waals surface area contributed by atoms with Crippen LogP contribution < -0.4 is 9.47 Å². The Morgan fingerprint density at radius 2 is 1.93 bits per heavy atom. The summed E-state index contributed by atoms with van der Waals surface area (Å²) in [5.74, 6) is 2.39. The van der Waals surface area contributed by atoms with Crippen LogP contribution >= 0.6 is 11.3 Å². The van der Waals surface area contributed by atoms with Gasteiger partial charge in [-0.15, -0.1) is 11.3 Å². The number of aromatic nitrogens is 5. The number of furan rings is 1. The molecule has 0 unspecified atom stereocenters. The molecule has 10 nitrogen and oxygen atoms in total. The second-order valence-electron chi connectivity index (χ2n) is 9.93. The number of carbonyl (C=O) groups excluding carboxylic acids is 1. The quantitative estimate of drug-likeness (QED) is 0.239. The number of ether oxygens (including phenoxy) is 2. The highest BCUT2D eigenvalue weighted by molar-refractivity contribution is 7.13. The molecule has 0 radical (unpaired) electrons. The number of methoxy groups -OCH3 is 1. The first-order valence-corrected chi connectivity index (χ1v) is 14.2. The normalized spacial score (nSPS) is 13.4. The van der Waals surface area contributed by atoms with E-state index in [9.17, 15) is 4.79 Å². The van der Waals surface area contributed by atoms with E-state index in [1.54, 1.807) is 35.4 Å². The van der Waals surface area contributed by atoms with Crippen LogP contribution in [0.15, 0.2) is 64.7 Å². The maximum atomic E-state index is 12.7. The van der Waals surface area contributed by atoms with Crippen molar-refractivity contribution < 1.29 is 18.7 Å². The summed E-state index contributed by atoms with van der Waals surface area (Å²) in [6.45, 7) is 3.83. The number of benzene rings is 2. The molecule has 5 heterocycles. The van der Waals surface area contributed by atoms with E-state index in [4.69, 9.17) is 18.9 Å². The van der Waals surface area contributed by atoms with E-state index in [0.717, 1.165) is 53.3 Å². The lowest BCUT2D eigenvalue weighted by Gasteiger charge is -2.15. The minimum Gasteiger partial charge on any atom is -0.496 e. The molecule has 0 N–H and O–H groups in total. The fourth-order valence-corrected chi connectivity index (χ4v) is 5.76. The van der Waals surface area contributed by atoms with Crippen molar-refractivity contribution in [3.63, 3.8) is 0 Å². The first-order valence-electron chi connectivity index (χ1n) is 13.3. The van der Waals surface area contributed by atoms with Crippen molar-refractivity contribution in [1.82, 2.24) is 29.5 Å². The largest absolute Gasteiger partial charge is 0.496 e. The molecule has 0 atom stereocenters. The third-order valence-electron chi connectivity index (χ3n) is 7.06. The van der Waals surface area contributed by atoms with E-state index in [2.05, 4.69) is 15.1 Å². The van der Waals surface area contributed by atoms with Crippen molar-refractivity contribution in [3.8, 4) is 33.5 Å². The molecule has 11 heteroatoms. The SMILES string of the molecule is COc1cc(OCc2csc(-c3ccc(C(=O)N4CCCC4)cc3)n2)c2cc(-c3cn4nc(C)cnc4n3)oc2c1. The van der Waals surface area contributed by atoms with Gasteiger partial charge in [-0.3, -0.25) is 4.79 Å². The number of imidazole rings is 1. The standard InChI is InChI=1S/C30H26N6O4S/c1-18-14-31-30-33-24(15-36(30)34-18)27-13-23-25(11-22(38-2)12-26(23)40-27)39-16-21-17-41-28(32-21)19-5-7-20(8-6-19)29(37)35-9-3-4-10-35/h5-8,11-15,17H,3-4,9-10,16H2,1-2H3. The molecule has 2 aromatic carbocycles. The Morgan fingerprint density at radius 3 is 2.73 bits per heavy atom. The maximum Gasteiger partial charge on any atom is 0.253 e. The fraction of sp³-hybridized carbons (Fsp3) is 0.233. The number of hydrogen-bond acceptors (Lipinski definition) is 9. The molecular formula is C30H26N6O4S. The van der Waals surface area contributed by atoms with E-state index in [0.29, 0.717) is 39.9 Å². The Hall–Kier alpha value is -4.77. The molecule has 1 aliphatic heterocycles. The zero-order chi connectivity index (χ0) is 27.9. The molecule has 4 aromatic heterocycles. The fourth-order valence-electron chi connectivity index (χ4n) is 4.95. The van der Waals surface area contributed by atoms with Gasteiger partial charge in [0.05, 0.1) is 36.3 Å². The average Bonchev–Trinajstić information content (AvgIpc) is 3.81. The molecule has 41 heavy (non-hydrogen) atoms. The smallest absolute Gasteiger partial charge is 0.253 e. The summed E-state index contributed by atoms with van der Waals surface area (Å²) < 4.78 is 19.5. The van der Waals surface area contributed by atoms with E-state index in [1.165, 1.54) is 0 Å². The van der Waals surface area contributed by atoms with Crippen molar-refractivity contribution in [3.05, 3.63) is 77.2 Å². The van der Waals surface area contributed by atoms with E-state index in [-0.39, 0.29) is 12.5 Å². The molecule has 1 saturated heterocycles. The van der Waals surface area contributed by atoms with Gasteiger partial charge < -0.3 is 18.8 Å². The van der Waals surface area contributed by atoms with Crippen LogP contribution in [0.1, 0.15) is 34.6 Å². The van der Waals surface area contributed by atoms with Crippen molar-refractivity contribution in [2.45, 2.75) is 26.4 Å².